The van der Waals surface area contributed by atoms with Gasteiger partial charge in [-0.2, -0.15) is 5.10 Å². The normalized spacial score (nSPS) is 11.2. The second-order valence-corrected chi connectivity index (χ2v) is 5.33. The SMILES string of the molecule is CCCOc1ccc(/C(C)=N\NC(=O)c2ccccc2C)cc1. The van der Waals surface area contributed by atoms with Crippen molar-refractivity contribution in [3.05, 3.63) is 65.2 Å². The molecule has 0 fully saturated rings. The van der Waals surface area contributed by atoms with Crippen molar-refractivity contribution in [1.29, 1.82) is 0 Å². The van der Waals surface area contributed by atoms with Crippen molar-refractivity contribution in [2.45, 2.75) is 27.2 Å². The smallest absolute Gasteiger partial charge is 0.271 e. The molecule has 0 aliphatic heterocycles. The highest BCUT2D eigenvalue weighted by Gasteiger charge is 2.07. The van der Waals surface area contributed by atoms with E-state index in [1.807, 2.05) is 56.3 Å². The minimum Gasteiger partial charge on any atom is -0.494 e. The first kappa shape index (κ1) is 16.7. The summed E-state index contributed by atoms with van der Waals surface area (Å²) >= 11 is 0. The highest BCUT2D eigenvalue weighted by Crippen LogP contribution is 2.13. The average molecular weight is 310 g/mol. The van der Waals surface area contributed by atoms with E-state index in [4.69, 9.17) is 4.74 Å². The van der Waals surface area contributed by atoms with Gasteiger partial charge in [-0.25, -0.2) is 5.43 Å². The molecule has 4 heteroatoms. The number of benzene rings is 2. The summed E-state index contributed by atoms with van der Waals surface area (Å²) in [4.78, 5) is 12.1. The van der Waals surface area contributed by atoms with Crippen LogP contribution in [0.25, 0.3) is 0 Å². The predicted octanol–water partition coefficient (Wildman–Crippen LogP) is 3.94. The van der Waals surface area contributed by atoms with E-state index >= 15 is 0 Å². The molecule has 0 saturated heterocycles. The van der Waals surface area contributed by atoms with Gasteiger partial charge >= 0.3 is 0 Å². The third-order valence-electron chi connectivity index (χ3n) is 3.46. The van der Waals surface area contributed by atoms with Gasteiger partial charge in [0.1, 0.15) is 5.75 Å². The third-order valence-corrected chi connectivity index (χ3v) is 3.46. The second-order valence-electron chi connectivity index (χ2n) is 5.33. The van der Waals surface area contributed by atoms with Crippen LogP contribution in [0.5, 0.6) is 5.75 Å². The van der Waals surface area contributed by atoms with Gasteiger partial charge in [0.15, 0.2) is 0 Å². The summed E-state index contributed by atoms with van der Waals surface area (Å²) in [6, 6.07) is 15.1. The summed E-state index contributed by atoms with van der Waals surface area (Å²) in [5.41, 5.74) is 5.85. The van der Waals surface area contributed by atoms with Crippen LogP contribution in [0.15, 0.2) is 53.6 Å². The first-order valence-corrected chi connectivity index (χ1v) is 7.75. The van der Waals surface area contributed by atoms with Crippen LogP contribution >= 0.6 is 0 Å². The Bertz CT molecular complexity index is 691. The van der Waals surface area contributed by atoms with Crippen LogP contribution in [0.2, 0.25) is 0 Å². The van der Waals surface area contributed by atoms with Gasteiger partial charge in [0.05, 0.1) is 12.3 Å². The van der Waals surface area contributed by atoms with Crippen molar-refractivity contribution in [2.75, 3.05) is 6.61 Å². The summed E-state index contributed by atoms with van der Waals surface area (Å²) in [7, 11) is 0. The number of nitrogens with zero attached hydrogens (tertiary/aromatic N) is 1. The van der Waals surface area contributed by atoms with E-state index in [1.54, 1.807) is 6.07 Å². The number of hydrazone groups is 1. The number of rotatable bonds is 6. The molecule has 0 unspecified atom stereocenters. The molecular weight excluding hydrogens is 288 g/mol. The molecule has 0 saturated carbocycles. The van der Waals surface area contributed by atoms with Crippen LogP contribution in [0.1, 0.15) is 41.8 Å². The van der Waals surface area contributed by atoms with Crippen LogP contribution in [0, 0.1) is 6.92 Å². The second kappa shape index (κ2) is 8.13. The Hall–Kier alpha value is -2.62. The van der Waals surface area contributed by atoms with Gasteiger partial charge in [-0.15, -0.1) is 0 Å². The first-order chi connectivity index (χ1) is 11.1. The lowest BCUT2D eigenvalue weighted by Gasteiger charge is -2.07. The van der Waals surface area contributed by atoms with Gasteiger partial charge in [-0.05, 0) is 61.7 Å². The van der Waals surface area contributed by atoms with Gasteiger partial charge < -0.3 is 4.74 Å². The summed E-state index contributed by atoms with van der Waals surface area (Å²) in [5.74, 6) is 0.637. The first-order valence-electron chi connectivity index (χ1n) is 7.75. The molecule has 0 aliphatic carbocycles. The average Bonchev–Trinajstić information content (AvgIpc) is 2.58. The number of nitrogens with one attached hydrogen (secondary N) is 1. The summed E-state index contributed by atoms with van der Waals surface area (Å²) in [5, 5.41) is 4.18. The highest BCUT2D eigenvalue weighted by atomic mass is 16.5. The molecule has 1 amide bonds. The Labute approximate surface area is 137 Å². The molecule has 0 aromatic heterocycles. The van der Waals surface area contributed by atoms with Crippen LogP contribution in [-0.4, -0.2) is 18.2 Å². The molecule has 0 atom stereocenters. The van der Waals surface area contributed by atoms with E-state index < -0.39 is 0 Å². The van der Waals surface area contributed by atoms with Crippen LogP contribution in [0.4, 0.5) is 0 Å². The van der Waals surface area contributed by atoms with Crippen LogP contribution in [0.3, 0.4) is 0 Å². The largest absolute Gasteiger partial charge is 0.494 e. The Kier molecular flexibility index (Phi) is 5.92. The molecule has 0 radical (unpaired) electrons. The zero-order chi connectivity index (χ0) is 16.7. The maximum atomic E-state index is 12.1. The molecule has 23 heavy (non-hydrogen) atoms. The van der Waals surface area contributed by atoms with E-state index in [0.717, 1.165) is 29.0 Å². The minimum atomic E-state index is -0.203. The summed E-state index contributed by atoms with van der Waals surface area (Å²) < 4.78 is 5.55. The lowest BCUT2D eigenvalue weighted by atomic mass is 10.1. The molecule has 0 heterocycles. The quantitative estimate of drug-likeness (QED) is 0.649. The van der Waals surface area contributed by atoms with Crippen molar-refractivity contribution < 1.29 is 9.53 Å². The van der Waals surface area contributed by atoms with Gasteiger partial charge in [-0.1, -0.05) is 25.1 Å². The third kappa shape index (κ3) is 4.68. The van der Waals surface area contributed by atoms with E-state index in [0.29, 0.717) is 12.2 Å². The standard InChI is InChI=1S/C19H22N2O2/c1-4-13-23-17-11-9-16(10-12-17)15(3)20-21-19(22)18-8-6-5-7-14(18)2/h5-12H,4,13H2,1-3H3,(H,21,22)/b20-15-. The molecule has 0 bridgehead atoms. The van der Waals surface area contributed by atoms with Crippen molar-refractivity contribution in [3.63, 3.8) is 0 Å². The monoisotopic (exact) mass is 310 g/mol. The fourth-order valence-electron chi connectivity index (χ4n) is 2.10. The predicted molar refractivity (Wildman–Crippen MR) is 93.1 cm³/mol. The Morgan fingerprint density at radius 1 is 1.13 bits per heavy atom. The van der Waals surface area contributed by atoms with Crippen LogP contribution in [-0.2, 0) is 0 Å². The molecule has 2 aromatic carbocycles. The summed E-state index contributed by atoms with van der Waals surface area (Å²) in [6.07, 6.45) is 0.979. The van der Waals surface area contributed by atoms with Crippen molar-refractivity contribution in [1.82, 2.24) is 5.43 Å². The van der Waals surface area contributed by atoms with Gasteiger partial charge in [0.2, 0.25) is 0 Å². The lowest BCUT2D eigenvalue weighted by Crippen LogP contribution is -2.20. The fraction of sp³-hybridized carbons (Fsp3) is 0.263. The lowest BCUT2D eigenvalue weighted by molar-refractivity contribution is 0.0954. The Balaban J connectivity index is 2.02. The highest BCUT2D eigenvalue weighted by molar-refractivity contribution is 6.01. The number of amides is 1. The zero-order valence-corrected chi connectivity index (χ0v) is 13.8. The fourth-order valence-corrected chi connectivity index (χ4v) is 2.10. The van der Waals surface area contributed by atoms with Gasteiger partial charge in [0.25, 0.3) is 5.91 Å². The molecule has 0 spiro atoms. The number of hydrogen-bond acceptors (Lipinski definition) is 3. The van der Waals surface area contributed by atoms with E-state index in [2.05, 4.69) is 17.5 Å². The number of carbonyl (C=O) groups excluding carboxylic acids is 1. The molecule has 120 valence electrons. The number of ether oxygens (including phenoxy) is 1. The van der Waals surface area contributed by atoms with Gasteiger partial charge in [0, 0.05) is 5.56 Å². The molecular formula is C19H22N2O2. The van der Waals surface area contributed by atoms with Gasteiger partial charge in [-0.3, -0.25) is 4.79 Å². The number of aryl methyl sites for hydroxylation is 1. The molecule has 2 aromatic rings. The zero-order valence-electron chi connectivity index (χ0n) is 13.8. The summed E-state index contributed by atoms with van der Waals surface area (Å²) in [6.45, 7) is 6.54. The molecule has 4 nitrogen and oxygen atoms in total. The maximum absolute atomic E-state index is 12.1. The Morgan fingerprint density at radius 3 is 2.48 bits per heavy atom. The molecule has 2 rings (SSSR count). The van der Waals surface area contributed by atoms with E-state index in [-0.39, 0.29) is 5.91 Å². The van der Waals surface area contributed by atoms with Crippen molar-refractivity contribution >= 4 is 11.6 Å². The topological polar surface area (TPSA) is 50.7 Å². The van der Waals surface area contributed by atoms with Crippen molar-refractivity contribution in [2.24, 2.45) is 5.10 Å². The Morgan fingerprint density at radius 2 is 1.83 bits per heavy atom. The number of hydrogen-bond donors (Lipinski definition) is 1. The molecule has 1 N–H and O–H groups in total. The maximum Gasteiger partial charge on any atom is 0.271 e. The number of carbonyl (C=O) groups is 1. The van der Waals surface area contributed by atoms with E-state index in [1.165, 1.54) is 0 Å². The minimum absolute atomic E-state index is 0.203. The van der Waals surface area contributed by atoms with Crippen LogP contribution < -0.4 is 10.2 Å². The molecule has 0 aliphatic rings. The van der Waals surface area contributed by atoms with E-state index in [9.17, 15) is 4.79 Å². The van der Waals surface area contributed by atoms with Crippen molar-refractivity contribution in [3.8, 4) is 5.75 Å².